The van der Waals surface area contributed by atoms with Crippen molar-refractivity contribution in [1.29, 1.82) is 0 Å². The standard InChI is InChI=1S/C16H21N3O2/c20-12-16-13-21-8-7-18(16)10-14-3-1-4-15(9-14)11-19-6-2-5-17-19/h1-6,9,16,20H,7-8,10-13H2/t16-/m1/s1. The zero-order chi connectivity index (χ0) is 14.5. The Morgan fingerprint density at radius 3 is 2.86 bits per heavy atom. The molecule has 1 aromatic heterocycles. The monoisotopic (exact) mass is 287 g/mol. The lowest BCUT2D eigenvalue weighted by Crippen LogP contribution is -2.46. The highest BCUT2D eigenvalue weighted by molar-refractivity contribution is 5.23. The van der Waals surface area contributed by atoms with Crippen molar-refractivity contribution in [2.75, 3.05) is 26.4 Å². The van der Waals surface area contributed by atoms with Crippen molar-refractivity contribution >= 4 is 0 Å². The predicted molar refractivity (Wildman–Crippen MR) is 79.9 cm³/mol. The van der Waals surface area contributed by atoms with E-state index in [1.54, 1.807) is 6.20 Å². The van der Waals surface area contributed by atoms with Crippen molar-refractivity contribution in [2.45, 2.75) is 19.1 Å². The first-order valence-corrected chi connectivity index (χ1v) is 7.33. The molecule has 1 fully saturated rings. The predicted octanol–water partition coefficient (Wildman–Crippen LogP) is 1.12. The van der Waals surface area contributed by atoms with Gasteiger partial charge in [-0.25, -0.2) is 0 Å². The third-order valence-corrected chi connectivity index (χ3v) is 3.84. The van der Waals surface area contributed by atoms with Gasteiger partial charge >= 0.3 is 0 Å². The van der Waals surface area contributed by atoms with E-state index >= 15 is 0 Å². The van der Waals surface area contributed by atoms with E-state index in [1.165, 1.54) is 11.1 Å². The number of benzene rings is 1. The maximum absolute atomic E-state index is 9.43. The second-order valence-corrected chi connectivity index (χ2v) is 5.41. The van der Waals surface area contributed by atoms with E-state index in [4.69, 9.17) is 4.74 Å². The van der Waals surface area contributed by atoms with Gasteiger partial charge < -0.3 is 9.84 Å². The Kier molecular flexibility index (Phi) is 4.65. The average molecular weight is 287 g/mol. The van der Waals surface area contributed by atoms with E-state index in [2.05, 4.69) is 34.3 Å². The summed E-state index contributed by atoms with van der Waals surface area (Å²) < 4.78 is 7.34. The molecule has 2 heterocycles. The second-order valence-electron chi connectivity index (χ2n) is 5.41. The minimum absolute atomic E-state index is 0.105. The summed E-state index contributed by atoms with van der Waals surface area (Å²) in [4.78, 5) is 2.29. The molecule has 5 nitrogen and oxygen atoms in total. The van der Waals surface area contributed by atoms with Gasteiger partial charge in [0.2, 0.25) is 0 Å². The van der Waals surface area contributed by atoms with Crippen LogP contribution in [0.15, 0.2) is 42.7 Å². The molecule has 1 atom stereocenters. The van der Waals surface area contributed by atoms with Crippen LogP contribution in [-0.2, 0) is 17.8 Å². The molecule has 1 N–H and O–H groups in total. The number of ether oxygens (including phenoxy) is 1. The highest BCUT2D eigenvalue weighted by atomic mass is 16.5. The van der Waals surface area contributed by atoms with Crippen LogP contribution in [0.5, 0.6) is 0 Å². The molecule has 0 unspecified atom stereocenters. The van der Waals surface area contributed by atoms with Crippen molar-refractivity contribution in [3.05, 3.63) is 53.9 Å². The van der Waals surface area contributed by atoms with Gasteiger partial charge in [-0.2, -0.15) is 5.10 Å². The molecule has 0 radical (unpaired) electrons. The summed E-state index contributed by atoms with van der Waals surface area (Å²) >= 11 is 0. The molecule has 112 valence electrons. The van der Waals surface area contributed by atoms with Gasteiger partial charge in [-0.15, -0.1) is 0 Å². The molecule has 2 aromatic rings. The third-order valence-electron chi connectivity index (χ3n) is 3.84. The molecular formula is C16H21N3O2. The van der Waals surface area contributed by atoms with E-state index < -0.39 is 0 Å². The number of aliphatic hydroxyl groups is 1. The molecule has 0 amide bonds. The van der Waals surface area contributed by atoms with E-state index in [-0.39, 0.29) is 12.6 Å². The first-order valence-electron chi connectivity index (χ1n) is 7.33. The van der Waals surface area contributed by atoms with Crippen LogP contribution in [0.2, 0.25) is 0 Å². The van der Waals surface area contributed by atoms with Crippen LogP contribution < -0.4 is 0 Å². The van der Waals surface area contributed by atoms with Crippen molar-refractivity contribution < 1.29 is 9.84 Å². The zero-order valence-electron chi connectivity index (χ0n) is 12.1. The Bertz CT molecular complexity index is 556. The smallest absolute Gasteiger partial charge is 0.0659 e. The number of rotatable bonds is 5. The number of hydrogen-bond acceptors (Lipinski definition) is 4. The molecular weight excluding hydrogens is 266 g/mol. The lowest BCUT2D eigenvalue weighted by Gasteiger charge is -2.34. The van der Waals surface area contributed by atoms with Gasteiger partial charge in [0.1, 0.15) is 0 Å². The van der Waals surface area contributed by atoms with E-state index in [1.807, 2.05) is 16.9 Å². The lowest BCUT2D eigenvalue weighted by molar-refractivity contribution is -0.0312. The van der Waals surface area contributed by atoms with Crippen LogP contribution in [0.1, 0.15) is 11.1 Å². The van der Waals surface area contributed by atoms with Gasteiger partial charge in [0.05, 0.1) is 32.4 Å². The third kappa shape index (κ3) is 3.69. The Labute approximate surface area is 124 Å². The topological polar surface area (TPSA) is 50.5 Å². The molecule has 0 saturated carbocycles. The van der Waals surface area contributed by atoms with Crippen molar-refractivity contribution in [3.63, 3.8) is 0 Å². The fourth-order valence-electron chi connectivity index (χ4n) is 2.71. The first kappa shape index (κ1) is 14.3. The normalized spacial score (nSPS) is 19.8. The van der Waals surface area contributed by atoms with Gasteiger partial charge in [0.15, 0.2) is 0 Å². The van der Waals surface area contributed by atoms with Crippen molar-refractivity contribution in [1.82, 2.24) is 14.7 Å². The van der Waals surface area contributed by atoms with Crippen LogP contribution in [0.25, 0.3) is 0 Å². The van der Waals surface area contributed by atoms with E-state index in [0.29, 0.717) is 6.61 Å². The molecule has 1 aliphatic rings. The van der Waals surface area contributed by atoms with Gasteiger partial charge in [0.25, 0.3) is 0 Å². The highest BCUT2D eigenvalue weighted by Gasteiger charge is 2.22. The van der Waals surface area contributed by atoms with Crippen molar-refractivity contribution in [3.8, 4) is 0 Å². The Balaban J connectivity index is 1.67. The molecule has 1 aliphatic heterocycles. The first-order chi connectivity index (χ1) is 10.3. The molecule has 1 saturated heterocycles. The summed E-state index contributed by atoms with van der Waals surface area (Å²) in [5.41, 5.74) is 2.50. The zero-order valence-corrected chi connectivity index (χ0v) is 12.1. The Hall–Kier alpha value is -1.69. The molecule has 0 aliphatic carbocycles. The highest BCUT2D eigenvalue weighted by Crippen LogP contribution is 2.14. The van der Waals surface area contributed by atoms with Gasteiger partial charge in [0, 0.05) is 25.5 Å². The molecule has 0 spiro atoms. The molecule has 1 aromatic carbocycles. The maximum atomic E-state index is 9.43. The average Bonchev–Trinajstić information content (AvgIpc) is 3.01. The number of aromatic nitrogens is 2. The number of nitrogens with zero attached hydrogens (tertiary/aromatic N) is 3. The second kappa shape index (κ2) is 6.85. The number of aliphatic hydroxyl groups excluding tert-OH is 1. The summed E-state index contributed by atoms with van der Waals surface area (Å²) in [5.74, 6) is 0. The van der Waals surface area contributed by atoms with Gasteiger partial charge in [-0.05, 0) is 17.2 Å². The Morgan fingerprint density at radius 1 is 1.24 bits per heavy atom. The number of hydrogen-bond donors (Lipinski definition) is 1. The van der Waals surface area contributed by atoms with Crippen LogP contribution in [0.4, 0.5) is 0 Å². The SMILES string of the molecule is OC[C@@H]1COCCN1Cc1cccc(Cn2cccn2)c1. The molecule has 3 rings (SSSR count). The lowest BCUT2D eigenvalue weighted by atomic mass is 10.1. The van der Waals surface area contributed by atoms with Crippen LogP contribution in [0, 0.1) is 0 Å². The van der Waals surface area contributed by atoms with Crippen LogP contribution in [-0.4, -0.2) is 52.2 Å². The van der Waals surface area contributed by atoms with E-state index in [0.717, 1.165) is 26.2 Å². The summed E-state index contributed by atoms with van der Waals surface area (Å²) in [7, 11) is 0. The molecule has 21 heavy (non-hydrogen) atoms. The fourth-order valence-corrected chi connectivity index (χ4v) is 2.71. The van der Waals surface area contributed by atoms with Crippen molar-refractivity contribution in [2.24, 2.45) is 0 Å². The molecule has 0 bridgehead atoms. The number of morpholine rings is 1. The van der Waals surface area contributed by atoms with E-state index in [9.17, 15) is 5.11 Å². The summed E-state index contributed by atoms with van der Waals surface area (Å²) in [6.45, 7) is 4.00. The minimum Gasteiger partial charge on any atom is -0.395 e. The quantitative estimate of drug-likeness (QED) is 0.895. The largest absolute Gasteiger partial charge is 0.395 e. The summed E-state index contributed by atoms with van der Waals surface area (Å²) in [6.07, 6.45) is 3.76. The van der Waals surface area contributed by atoms with Gasteiger partial charge in [-0.3, -0.25) is 9.58 Å². The van der Waals surface area contributed by atoms with Crippen LogP contribution >= 0.6 is 0 Å². The summed E-state index contributed by atoms with van der Waals surface area (Å²) in [6, 6.07) is 10.6. The Morgan fingerprint density at radius 2 is 2.10 bits per heavy atom. The summed E-state index contributed by atoms with van der Waals surface area (Å²) in [5, 5.41) is 13.7. The van der Waals surface area contributed by atoms with Crippen LogP contribution in [0.3, 0.4) is 0 Å². The molecule has 5 heteroatoms. The maximum Gasteiger partial charge on any atom is 0.0659 e. The minimum atomic E-state index is 0.105. The van der Waals surface area contributed by atoms with Gasteiger partial charge in [-0.1, -0.05) is 24.3 Å². The fraction of sp³-hybridized carbons (Fsp3) is 0.438.